The van der Waals surface area contributed by atoms with Gasteiger partial charge >= 0.3 is 0 Å². The third-order valence-electron chi connectivity index (χ3n) is 3.95. The second-order valence-corrected chi connectivity index (χ2v) is 5.61. The highest BCUT2D eigenvalue weighted by molar-refractivity contribution is 5.73. The number of halogens is 1. The lowest BCUT2D eigenvalue weighted by Crippen LogP contribution is -2.31. The van der Waals surface area contributed by atoms with E-state index >= 15 is 0 Å². The molecule has 3 aromatic rings. The van der Waals surface area contributed by atoms with Crippen LogP contribution in [0.4, 0.5) is 4.39 Å². The van der Waals surface area contributed by atoms with Crippen LogP contribution >= 0.6 is 0 Å². The molecule has 0 bridgehead atoms. The smallest absolute Gasteiger partial charge is 0.206 e. The summed E-state index contributed by atoms with van der Waals surface area (Å²) in [4.78, 5) is 0. The normalized spacial score (nSPS) is 15.8. The van der Waals surface area contributed by atoms with Gasteiger partial charge in [-0.1, -0.05) is 30.3 Å². The molecular weight excluding hydrogens is 285 g/mol. The summed E-state index contributed by atoms with van der Waals surface area (Å²) >= 11 is 0. The molecule has 0 radical (unpaired) electrons. The van der Waals surface area contributed by atoms with E-state index in [1.807, 2.05) is 18.2 Å². The lowest BCUT2D eigenvalue weighted by molar-refractivity contribution is -0.660. The van der Waals surface area contributed by atoms with E-state index in [0.29, 0.717) is 27.9 Å². The van der Waals surface area contributed by atoms with Gasteiger partial charge in [-0.2, -0.15) is 0 Å². The molecule has 2 aromatic carbocycles. The highest BCUT2D eigenvalue weighted by atomic mass is 19.1. The van der Waals surface area contributed by atoms with E-state index in [9.17, 15) is 4.39 Å². The topological polar surface area (TPSA) is 3.88 Å². The van der Waals surface area contributed by atoms with Crippen molar-refractivity contribution < 1.29 is 17.2 Å². The van der Waals surface area contributed by atoms with E-state index < -0.39 is 13.7 Å². The monoisotopic (exact) mass is 312 g/mol. The van der Waals surface area contributed by atoms with E-state index in [-0.39, 0.29) is 16.9 Å². The van der Waals surface area contributed by atoms with Gasteiger partial charge in [0, 0.05) is 31.0 Å². The maximum absolute atomic E-state index is 14.7. The Kier molecular flexibility index (Phi) is 2.49. The molecule has 1 nitrogen and oxygen atoms in total. The summed E-state index contributed by atoms with van der Waals surface area (Å²) in [6, 6.07) is 13.5. The predicted molar refractivity (Wildman–Crippen MR) is 92.7 cm³/mol. The van der Waals surface area contributed by atoms with E-state index in [2.05, 4.69) is 0 Å². The van der Waals surface area contributed by atoms with E-state index in [1.165, 1.54) is 18.3 Å². The van der Waals surface area contributed by atoms with Crippen molar-refractivity contribution in [2.24, 2.45) is 7.05 Å². The SMILES string of the molecule is [2H]C([2H])([2H])c1cc(-c2cc(-c3ccccc3)c(F)cc2C)[n+](C)cc1C([2H])([2H])[2H]. The summed E-state index contributed by atoms with van der Waals surface area (Å²) in [5.74, 6) is -0.379. The zero-order chi connectivity index (χ0) is 21.6. The first kappa shape index (κ1) is 9.61. The number of aryl methyl sites for hydroxylation is 4. The molecule has 2 heteroatoms. The maximum atomic E-state index is 14.7. The van der Waals surface area contributed by atoms with Crippen molar-refractivity contribution >= 4 is 0 Å². The lowest BCUT2D eigenvalue weighted by Gasteiger charge is -2.11. The van der Waals surface area contributed by atoms with E-state index in [4.69, 9.17) is 8.22 Å². The quantitative estimate of drug-likeness (QED) is 0.592. The number of hydrogen-bond acceptors (Lipinski definition) is 0. The van der Waals surface area contributed by atoms with Gasteiger partial charge in [-0.25, -0.2) is 8.96 Å². The zero-order valence-electron chi connectivity index (χ0n) is 19.0. The number of pyridine rings is 1. The molecule has 0 unspecified atom stereocenters. The first-order valence-electron chi connectivity index (χ1n) is 10.3. The average Bonchev–Trinajstić information content (AvgIpc) is 2.61. The molecular formula is C21H21FN+. The van der Waals surface area contributed by atoms with Gasteiger partial charge in [0.05, 0.1) is 0 Å². The van der Waals surface area contributed by atoms with Crippen molar-refractivity contribution in [1.82, 2.24) is 0 Å². The Hall–Kier alpha value is -2.48. The van der Waals surface area contributed by atoms with Crippen LogP contribution in [0.3, 0.4) is 0 Å². The summed E-state index contributed by atoms with van der Waals surface area (Å²) in [6.45, 7) is -3.42. The highest BCUT2D eigenvalue weighted by Crippen LogP contribution is 2.30. The Bertz CT molecular complexity index is 1060. The molecule has 0 aliphatic heterocycles. The average molecular weight is 312 g/mol. The van der Waals surface area contributed by atoms with Crippen LogP contribution in [0.2, 0.25) is 0 Å². The molecule has 23 heavy (non-hydrogen) atoms. The molecule has 0 saturated carbocycles. The molecule has 1 heterocycles. The van der Waals surface area contributed by atoms with Gasteiger partial charge in [0.15, 0.2) is 6.20 Å². The number of rotatable bonds is 2. The molecule has 0 N–H and O–H groups in total. The van der Waals surface area contributed by atoms with Gasteiger partial charge < -0.3 is 0 Å². The van der Waals surface area contributed by atoms with Crippen molar-refractivity contribution in [3.63, 3.8) is 0 Å². The third kappa shape index (κ3) is 2.89. The van der Waals surface area contributed by atoms with Crippen LogP contribution in [0.25, 0.3) is 22.4 Å². The second kappa shape index (κ2) is 5.96. The molecule has 1 aromatic heterocycles. The second-order valence-electron chi connectivity index (χ2n) is 5.61. The Labute approximate surface area is 145 Å². The fourth-order valence-electron chi connectivity index (χ4n) is 2.70. The van der Waals surface area contributed by atoms with Crippen LogP contribution in [-0.2, 0) is 7.05 Å². The van der Waals surface area contributed by atoms with Gasteiger partial charge in [-0.15, -0.1) is 0 Å². The van der Waals surface area contributed by atoms with Crippen LogP contribution in [0.1, 0.15) is 24.9 Å². The van der Waals surface area contributed by atoms with Crippen molar-refractivity contribution in [1.29, 1.82) is 0 Å². The largest absolute Gasteiger partial charge is 0.212 e. The minimum atomic E-state index is -2.59. The molecule has 0 atom stereocenters. The van der Waals surface area contributed by atoms with Crippen molar-refractivity contribution in [2.75, 3.05) is 0 Å². The molecule has 0 amide bonds. The van der Waals surface area contributed by atoms with Gasteiger partial charge in [0.2, 0.25) is 5.69 Å². The maximum Gasteiger partial charge on any atom is 0.212 e. The molecule has 0 fully saturated rings. The van der Waals surface area contributed by atoms with Crippen molar-refractivity contribution in [3.8, 4) is 22.4 Å². The Morgan fingerprint density at radius 1 is 0.913 bits per heavy atom. The first-order chi connectivity index (χ1) is 13.4. The molecule has 0 aliphatic carbocycles. The number of benzene rings is 2. The van der Waals surface area contributed by atoms with Crippen molar-refractivity contribution in [3.05, 3.63) is 77.2 Å². The number of hydrogen-bond donors (Lipinski definition) is 0. The fourth-order valence-corrected chi connectivity index (χ4v) is 2.70. The molecule has 0 aliphatic rings. The molecule has 0 spiro atoms. The lowest BCUT2D eigenvalue weighted by atomic mass is 9.96. The minimum absolute atomic E-state index is 0.216. The summed E-state index contributed by atoms with van der Waals surface area (Å²) in [7, 11) is 1.65. The van der Waals surface area contributed by atoms with Gasteiger partial charge in [-0.3, -0.25) is 0 Å². The highest BCUT2D eigenvalue weighted by Gasteiger charge is 2.17. The number of aromatic nitrogens is 1. The van der Waals surface area contributed by atoms with E-state index in [0.717, 1.165) is 0 Å². The standard InChI is InChI=1S/C21H21FN/c1-14-11-21(23(4)13-16(14)3)18-12-19(20(22)10-15(18)2)17-8-6-5-7-9-17/h5-13H,1-4H3/q+1/i1D3,3D3. The van der Waals surface area contributed by atoms with E-state index in [1.54, 1.807) is 36.7 Å². The molecule has 3 rings (SSSR count). The Balaban J connectivity index is 2.29. The molecule has 0 saturated heterocycles. The molecule has 116 valence electrons. The Morgan fingerprint density at radius 3 is 2.35 bits per heavy atom. The van der Waals surface area contributed by atoms with Crippen LogP contribution < -0.4 is 4.57 Å². The Morgan fingerprint density at radius 2 is 1.65 bits per heavy atom. The van der Waals surface area contributed by atoms with Crippen molar-refractivity contribution in [2.45, 2.75) is 20.6 Å². The zero-order valence-corrected chi connectivity index (χ0v) is 13.0. The predicted octanol–water partition coefficient (Wildman–Crippen LogP) is 4.91. The van der Waals surface area contributed by atoms with Crippen LogP contribution in [0.15, 0.2) is 54.7 Å². The third-order valence-corrected chi connectivity index (χ3v) is 3.95. The summed E-state index contributed by atoms with van der Waals surface area (Å²) in [5, 5.41) is 0. The van der Waals surface area contributed by atoms with Gasteiger partial charge in [0.1, 0.15) is 12.9 Å². The first-order valence-corrected chi connectivity index (χ1v) is 7.30. The van der Waals surface area contributed by atoms with Gasteiger partial charge in [-0.05, 0) is 49.5 Å². The van der Waals surface area contributed by atoms with Crippen LogP contribution in [0.5, 0.6) is 0 Å². The fraction of sp³-hybridized carbons (Fsp3) is 0.190. The summed E-state index contributed by atoms with van der Waals surface area (Å²) < 4.78 is 62.7. The summed E-state index contributed by atoms with van der Waals surface area (Å²) in [6.07, 6.45) is 1.33. The van der Waals surface area contributed by atoms with Crippen LogP contribution in [-0.4, -0.2) is 0 Å². The van der Waals surface area contributed by atoms with Gasteiger partial charge in [0.25, 0.3) is 0 Å². The number of nitrogens with zero attached hydrogens (tertiary/aromatic N) is 1. The van der Waals surface area contributed by atoms with Crippen LogP contribution in [0, 0.1) is 26.4 Å². The minimum Gasteiger partial charge on any atom is -0.206 e. The summed E-state index contributed by atoms with van der Waals surface area (Å²) in [5.41, 5.74) is 2.40.